The first-order valence-electron chi connectivity index (χ1n) is 42.5. The number of anilines is 6. The molecule has 23 nitrogen and oxygen atoms in total. The van der Waals surface area contributed by atoms with E-state index in [1.54, 1.807) is 49.1 Å². The van der Waals surface area contributed by atoms with Gasteiger partial charge >= 0.3 is 0 Å². The molecule has 29 heteroatoms. The summed E-state index contributed by atoms with van der Waals surface area (Å²) in [6.45, 7) is 11.9. The molecule has 2 aliphatic carbocycles. The average Bonchev–Trinajstić information content (AvgIpc) is 1.76. The van der Waals surface area contributed by atoms with Gasteiger partial charge in [-0.05, 0) is 193 Å². The van der Waals surface area contributed by atoms with Crippen molar-refractivity contribution >= 4 is 132 Å². The molecular formula is C96H97Cl3N18O5S3. The maximum Gasteiger partial charge on any atom is 0.264 e. The van der Waals surface area contributed by atoms with E-state index >= 15 is 0 Å². The first-order chi connectivity index (χ1) is 61.0. The summed E-state index contributed by atoms with van der Waals surface area (Å²) in [4.78, 5) is 97.5. The van der Waals surface area contributed by atoms with Gasteiger partial charge in [-0.3, -0.25) is 24.0 Å². The molecular weight excluding hydrogens is 1690 g/mol. The molecule has 1 N–H and O–H groups in total. The summed E-state index contributed by atoms with van der Waals surface area (Å²) in [7, 11) is 0. The summed E-state index contributed by atoms with van der Waals surface area (Å²) in [5.74, 6) is 1.47. The number of hydrogen-bond donors (Lipinski definition) is 1. The molecule has 5 amide bonds. The number of rotatable bonds is 26. The van der Waals surface area contributed by atoms with Crippen LogP contribution >= 0.6 is 68.8 Å². The molecule has 9 heterocycles. The number of hydrogen-bond acceptors (Lipinski definition) is 18. The zero-order valence-corrected chi connectivity index (χ0v) is 74.2. The maximum atomic E-state index is 13.8. The lowest BCUT2D eigenvalue weighted by molar-refractivity contribution is -0.120. The van der Waals surface area contributed by atoms with Crippen molar-refractivity contribution in [2.24, 2.45) is 11.8 Å². The van der Waals surface area contributed by atoms with Gasteiger partial charge in [-0.15, -0.1) is 34.0 Å². The van der Waals surface area contributed by atoms with E-state index < -0.39 is 0 Å². The van der Waals surface area contributed by atoms with Crippen molar-refractivity contribution in [3.63, 3.8) is 0 Å². The summed E-state index contributed by atoms with van der Waals surface area (Å²) in [6.07, 6.45) is 22.6. The Morgan fingerprint density at radius 2 is 0.720 bits per heavy atom. The number of nitriles is 3. The van der Waals surface area contributed by atoms with Gasteiger partial charge < -0.3 is 58.2 Å². The van der Waals surface area contributed by atoms with Gasteiger partial charge in [0.05, 0.1) is 118 Å². The van der Waals surface area contributed by atoms with Crippen LogP contribution in [0.15, 0.2) is 220 Å². The third kappa shape index (κ3) is 23.3. The molecule has 3 saturated heterocycles. The van der Waals surface area contributed by atoms with E-state index in [2.05, 4.69) is 115 Å². The van der Waals surface area contributed by atoms with Crippen LogP contribution in [-0.2, 0) is 48.9 Å². The van der Waals surface area contributed by atoms with Crippen molar-refractivity contribution in [3.05, 3.63) is 298 Å². The number of nitrogens with one attached hydrogen (secondary N) is 1. The Labute approximate surface area is 756 Å². The van der Waals surface area contributed by atoms with Gasteiger partial charge in [-0.1, -0.05) is 110 Å². The number of imidazole rings is 3. The topological polar surface area (TPSA) is 248 Å². The van der Waals surface area contributed by atoms with Gasteiger partial charge in [-0.25, -0.2) is 15.0 Å². The van der Waals surface area contributed by atoms with Crippen molar-refractivity contribution in [2.45, 2.75) is 110 Å². The Bertz CT molecular complexity index is 5750. The van der Waals surface area contributed by atoms with Crippen molar-refractivity contribution in [1.29, 1.82) is 15.8 Å². The number of piperazine rings is 3. The fourth-order valence-electron chi connectivity index (χ4n) is 16.8. The highest BCUT2D eigenvalue weighted by atomic mass is 35.5. The largest absolute Gasteiger partial charge is 0.379 e. The molecule has 6 aromatic carbocycles. The van der Waals surface area contributed by atoms with Crippen molar-refractivity contribution < 1.29 is 24.0 Å². The molecule has 0 spiro atoms. The highest BCUT2D eigenvalue weighted by Crippen LogP contribution is 2.35. The average molecular weight is 1790 g/mol. The van der Waals surface area contributed by atoms with E-state index in [1.807, 2.05) is 146 Å². The molecule has 5 fully saturated rings. The minimum atomic E-state index is 0.0340. The van der Waals surface area contributed by atoms with Gasteiger partial charge in [0.15, 0.2) is 0 Å². The zero-order valence-electron chi connectivity index (χ0n) is 69.4. The van der Waals surface area contributed by atoms with Crippen molar-refractivity contribution in [2.75, 3.05) is 108 Å². The highest BCUT2D eigenvalue weighted by Gasteiger charge is 2.31. The minimum absolute atomic E-state index is 0.0340. The molecule has 0 unspecified atom stereocenters. The van der Waals surface area contributed by atoms with Crippen LogP contribution in [0.25, 0.3) is 0 Å². The van der Waals surface area contributed by atoms with Gasteiger partial charge in [0, 0.05) is 164 Å². The molecule has 3 aliphatic heterocycles. The van der Waals surface area contributed by atoms with Gasteiger partial charge in [0.1, 0.15) is 0 Å². The number of thiophene rings is 3. The fraction of sp³-hybridized carbons (Fsp3) is 0.323. The molecule has 0 atom stereocenters. The second-order valence-corrected chi connectivity index (χ2v) is 37.2. The molecule has 0 radical (unpaired) electrons. The van der Waals surface area contributed by atoms with Gasteiger partial charge in [0.2, 0.25) is 11.8 Å². The predicted molar refractivity (Wildman–Crippen MR) is 497 cm³/mol. The van der Waals surface area contributed by atoms with Crippen LogP contribution in [-0.4, -0.2) is 151 Å². The van der Waals surface area contributed by atoms with E-state index in [1.165, 1.54) is 72.5 Å². The van der Waals surface area contributed by atoms with E-state index in [0.29, 0.717) is 148 Å². The number of nitrogens with zero attached hydrogens (tertiary/aromatic N) is 17. The number of aromatic nitrogens is 6. The van der Waals surface area contributed by atoms with Crippen LogP contribution in [0, 0.1) is 45.8 Å². The van der Waals surface area contributed by atoms with Crippen LogP contribution in [0.2, 0.25) is 13.0 Å². The monoisotopic (exact) mass is 1780 g/mol. The van der Waals surface area contributed by atoms with Crippen molar-refractivity contribution in [3.8, 4) is 18.2 Å². The molecule has 6 aromatic heterocycles. The predicted octanol–water partition coefficient (Wildman–Crippen LogP) is 18.7. The third-order valence-electron chi connectivity index (χ3n) is 23.9. The van der Waals surface area contributed by atoms with Crippen molar-refractivity contribution in [1.82, 2.24) is 43.4 Å². The molecule has 640 valence electrons. The van der Waals surface area contributed by atoms with Crippen LogP contribution in [0.1, 0.15) is 150 Å². The standard InChI is InChI=1S/C35H37ClN6O2S.C34H35ClN6O2S.C27H25ClN6OS/c36-33-15-14-32(45-33)35(44)40-19-17-39(18-20-40)29-10-12-30(13-11-29)42(34(43)16-9-26-3-1-2-4-26)24-31-22-38-25-41(31)23-28-7-5-27(21-37)6-8-28;35-32-14-13-31(44-32)34(43)39-17-15-38(16-18-39)28-9-11-29(12-10-28)41(33(42)19-25-3-1-2-4-25)23-30-21-37-24-40(30)22-27-7-5-26(20-36)6-8-27;28-26-10-9-25(36-26)27(35)33-13-11-32(12-14-33)23-7-5-22(6-8-23)31-17-24-16-30-19-34(24)18-21-3-1-20(15-29)2-4-21/h5-8,10-15,22,25-26H,1-4,9,16-20,23-24H2;5-14,21,24-25H,1-4,15-19,22-23H2;1-10,16,19,31H,11-14,17-18H2. The molecule has 17 rings (SSSR count). The molecule has 12 aromatic rings. The van der Waals surface area contributed by atoms with E-state index in [0.717, 1.165) is 126 Å². The zero-order chi connectivity index (χ0) is 86.5. The minimum Gasteiger partial charge on any atom is -0.379 e. The first-order valence-corrected chi connectivity index (χ1v) is 46.1. The lowest BCUT2D eigenvalue weighted by Crippen LogP contribution is -2.48. The van der Waals surface area contributed by atoms with Crippen LogP contribution in [0.3, 0.4) is 0 Å². The van der Waals surface area contributed by atoms with E-state index in [-0.39, 0.29) is 29.5 Å². The Morgan fingerprint density at radius 1 is 0.392 bits per heavy atom. The van der Waals surface area contributed by atoms with Gasteiger partial charge in [0.25, 0.3) is 17.7 Å². The van der Waals surface area contributed by atoms with Gasteiger partial charge in [-0.2, -0.15) is 15.8 Å². The Morgan fingerprint density at radius 3 is 1.06 bits per heavy atom. The maximum absolute atomic E-state index is 13.8. The number of halogens is 3. The summed E-state index contributed by atoms with van der Waals surface area (Å²) < 4.78 is 8.13. The SMILES string of the molecule is N#Cc1ccc(Cn2cncc2CN(C(=O)CC2CCCC2)c2ccc(N3CCN(C(=O)c4ccc(Cl)s4)CC3)cc2)cc1.N#Cc1ccc(Cn2cncc2CN(C(=O)CCC2CCCC2)c2ccc(N3CCN(C(=O)c4ccc(Cl)s4)CC3)cc2)cc1.N#Cc1ccc(Cn2cncc2CNc2ccc(N3CCN(C(=O)c4ccc(Cl)s4)CC3)cc2)cc1. The molecule has 125 heavy (non-hydrogen) atoms. The summed E-state index contributed by atoms with van der Waals surface area (Å²) in [6, 6.07) is 64.8. The smallest absolute Gasteiger partial charge is 0.264 e. The van der Waals surface area contributed by atoms with Crippen LogP contribution in [0.4, 0.5) is 34.1 Å². The molecule has 2 saturated carbocycles. The highest BCUT2D eigenvalue weighted by molar-refractivity contribution is 7.18. The summed E-state index contributed by atoms with van der Waals surface area (Å²) in [5, 5.41) is 30.7. The lowest BCUT2D eigenvalue weighted by atomic mass is 10.0. The lowest BCUT2D eigenvalue weighted by Gasteiger charge is -2.36. The van der Waals surface area contributed by atoms with Crippen LogP contribution < -0.4 is 29.8 Å². The normalized spacial score (nSPS) is 14.8. The fourth-order valence-corrected chi connectivity index (χ4v) is 19.8. The molecule has 5 aliphatic rings. The second kappa shape index (κ2) is 42.6. The third-order valence-corrected chi connectivity index (χ3v) is 27.6. The second-order valence-electron chi connectivity index (χ2n) is 32.1. The summed E-state index contributed by atoms with van der Waals surface area (Å²) in [5.41, 5.74) is 14.2. The number of carbonyl (C=O) groups excluding carboxylic acids is 5. The quantitative estimate of drug-likeness (QED) is 0.0529. The number of carbonyl (C=O) groups is 5. The summed E-state index contributed by atoms with van der Waals surface area (Å²) >= 11 is 22.0. The van der Waals surface area contributed by atoms with E-state index in [9.17, 15) is 24.0 Å². The number of benzene rings is 6. The Balaban J connectivity index is 0.000000146. The number of amides is 5. The Hall–Kier alpha value is -12.1. The van der Waals surface area contributed by atoms with E-state index in [4.69, 9.17) is 50.6 Å². The Kier molecular flexibility index (Phi) is 29.9. The first kappa shape index (κ1) is 87.8. The molecule has 0 bridgehead atoms. The van der Waals surface area contributed by atoms with Crippen LogP contribution in [0.5, 0.6) is 0 Å².